The molecule has 3 nitrogen and oxygen atoms in total. The average Bonchev–Trinajstić information content (AvgIpc) is 2.40. The minimum Gasteiger partial charge on any atom is -0.389 e. The van der Waals surface area contributed by atoms with E-state index in [1.807, 2.05) is 37.1 Å². The minimum absolute atomic E-state index is 0.233. The second kappa shape index (κ2) is 5.96. The molecule has 0 fully saturated rings. The van der Waals surface area contributed by atoms with Gasteiger partial charge in [0.25, 0.3) is 0 Å². The third kappa shape index (κ3) is 3.11. The number of nitrogens with zero attached hydrogens (tertiary/aromatic N) is 2. The van der Waals surface area contributed by atoms with Gasteiger partial charge in [-0.05, 0) is 25.1 Å². The van der Waals surface area contributed by atoms with Crippen molar-refractivity contribution in [2.24, 2.45) is 5.73 Å². The Bertz CT molecular complexity index is 643. The first kappa shape index (κ1) is 14.4. The molecule has 0 bridgehead atoms. The van der Waals surface area contributed by atoms with Gasteiger partial charge in [0, 0.05) is 24.8 Å². The van der Waals surface area contributed by atoms with Crippen LogP contribution in [-0.4, -0.2) is 17.0 Å². The van der Waals surface area contributed by atoms with E-state index in [2.05, 4.69) is 4.98 Å². The maximum absolute atomic E-state index is 13.7. The summed E-state index contributed by atoms with van der Waals surface area (Å²) in [5, 5.41) is 0. The van der Waals surface area contributed by atoms with E-state index in [9.17, 15) is 4.39 Å². The van der Waals surface area contributed by atoms with Crippen LogP contribution in [0.25, 0.3) is 0 Å². The van der Waals surface area contributed by atoms with E-state index < -0.39 is 0 Å². The molecule has 1 aromatic heterocycles. The number of pyridine rings is 1. The monoisotopic (exact) mass is 289 g/mol. The SMILES string of the molecule is Cc1ccc(C(N)=S)c(N(C)Cc2ccccc2F)n1. The quantitative estimate of drug-likeness (QED) is 0.879. The Labute approximate surface area is 123 Å². The maximum Gasteiger partial charge on any atom is 0.139 e. The number of aromatic nitrogens is 1. The Balaban J connectivity index is 2.34. The fourth-order valence-corrected chi connectivity index (χ4v) is 2.14. The van der Waals surface area contributed by atoms with Gasteiger partial charge in [0.05, 0.1) is 5.56 Å². The minimum atomic E-state index is -0.233. The molecular weight excluding hydrogens is 273 g/mol. The Morgan fingerprint density at radius 1 is 1.30 bits per heavy atom. The van der Waals surface area contributed by atoms with Crippen LogP contribution in [0.15, 0.2) is 36.4 Å². The van der Waals surface area contributed by atoms with Crippen molar-refractivity contribution >= 4 is 23.0 Å². The molecule has 104 valence electrons. The van der Waals surface area contributed by atoms with Crippen molar-refractivity contribution in [3.05, 3.63) is 59.0 Å². The average molecular weight is 289 g/mol. The first-order valence-electron chi connectivity index (χ1n) is 6.21. The molecule has 0 aliphatic heterocycles. The molecule has 0 radical (unpaired) electrons. The normalized spacial score (nSPS) is 10.3. The van der Waals surface area contributed by atoms with Crippen LogP contribution in [0, 0.1) is 12.7 Å². The smallest absolute Gasteiger partial charge is 0.139 e. The zero-order chi connectivity index (χ0) is 14.7. The lowest BCUT2D eigenvalue weighted by atomic mass is 10.1. The molecule has 0 aliphatic carbocycles. The van der Waals surface area contributed by atoms with Gasteiger partial charge in [0.15, 0.2) is 0 Å². The number of thiocarbonyl (C=S) groups is 1. The van der Waals surface area contributed by atoms with Crippen LogP contribution in [0.1, 0.15) is 16.8 Å². The highest BCUT2D eigenvalue weighted by Crippen LogP contribution is 2.20. The van der Waals surface area contributed by atoms with E-state index in [1.54, 1.807) is 12.1 Å². The van der Waals surface area contributed by atoms with E-state index in [-0.39, 0.29) is 10.8 Å². The van der Waals surface area contributed by atoms with Gasteiger partial charge in [-0.15, -0.1) is 0 Å². The van der Waals surface area contributed by atoms with Crippen molar-refractivity contribution < 1.29 is 4.39 Å². The van der Waals surface area contributed by atoms with Crippen LogP contribution in [-0.2, 0) is 6.54 Å². The number of nitrogens with two attached hydrogens (primary N) is 1. The van der Waals surface area contributed by atoms with Gasteiger partial charge in [-0.3, -0.25) is 0 Å². The third-order valence-electron chi connectivity index (χ3n) is 3.01. The Morgan fingerprint density at radius 3 is 2.65 bits per heavy atom. The summed E-state index contributed by atoms with van der Waals surface area (Å²) in [6, 6.07) is 10.4. The van der Waals surface area contributed by atoms with Crippen LogP contribution in [0.3, 0.4) is 0 Å². The van der Waals surface area contributed by atoms with Crippen molar-refractivity contribution in [2.45, 2.75) is 13.5 Å². The highest BCUT2D eigenvalue weighted by molar-refractivity contribution is 7.80. The van der Waals surface area contributed by atoms with Crippen LogP contribution in [0.4, 0.5) is 10.2 Å². The molecule has 0 aliphatic rings. The predicted octanol–water partition coefficient (Wildman–Crippen LogP) is 2.80. The van der Waals surface area contributed by atoms with E-state index in [0.717, 1.165) is 5.69 Å². The van der Waals surface area contributed by atoms with E-state index in [4.69, 9.17) is 18.0 Å². The van der Waals surface area contributed by atoms with Crippen LogP contribution in [0.5, 0.6) is 0 Å². The molecule has 2 aromatic rings. The number of aryl methyl sites for hydroxylation is 1. The van der Waals surface area contributed by atoms with Crippen LogP contribution < -0.4 is 10.6 Å². The maximum atomic E-state index is 13.7. The molecule has 0 saturated heterocycles. The topological polar surface area (TPSA) is 42.1 Å². The fraction of sp³-hybridized carbons (Fsp3) is 0.200. The van der Waals surface area contributed by atoms with E-state index in [1.165, 1.54) is 6.07 Å². The van der Waals surface area contributed by atoms with Gasteiger partial charge >= 0.3 is 0 Å². The van der Waals surface area contributed by atoms with Crippen LogP contribution in [0.2, 0.25) is 0 Å². The zero-order valence-electron chi connectivity index (χ0n) is 11.4. The molecule has 20 heavy (non-hydrogen) atoms. The number of rotatable bonds is 4. The molecule has 0 amide bonds. The molecule has 0 saturated carbocycles. The van der Waals surface area contributed by atoms with Gasteiger partial charge in [0.1, 0.15) is 16.6 Å². The van der Waals surface area contributed by atoms with Gasteiger partial charge < -0.3 is 10.6 Å². The van der Waals surface area contributed by atoms with Crippen molar-refractivity contribution in [3.63, 3.8) is 0 Å². The van der Waals surface area contributed by atoms with E-state index in [0.29, 0.717) is 23.5 Å². The lowest BCUT2D eigenvalue weighted by Gasteiger charge is -2.21. The summed E-state index contributed by atoms with van der Waals surface area (Å²) in [6.07, 6.45) is 0. The molecular formula is C15H16FN3S. The Kier molecular flexibility index (Phi) is 4.29. The molecule has 0 atom stereocenters. The first-order chi connectivity index (χ1) is 9.49. The number of hydrogen-bond donors (Lipinski definition) is 1. The zero-order valence-corrected chi connectivity index (χ0v) is 12.2. The van der Waals surface area contributed by atoms with E-state index >= 15 is 0 Å². The number of benzene rings is 1. The van der Waals surface area contributed by atoms with Crippen LogP contribution >= 0.6 is 12.2 Å². The third-order valence-corrected chi connectivity index (χ3v) is 3.23. The van der Waals surface area contributed by atoms with Gasteiger partial charge in [0.2, 0.25) is 0 Å². The molecule has 5 heteroatoms. The molecule has 2 N–H and O–H groups in total. The summed E-state index contributed by atoms with van der Waals surface area (Å²) in [4.78, 5) is 6.59. The highest BCUT2D eigenvalue weighted by Gasteiger charge is 2.13. The van der Waals surface area contributed by atoms with Gasteiger partial charge in [-0.1, -0.05) is 30.4 Å². The van der Waals surface area contributed by atoms with Crippen molar-refractivity contribution in [3.8, 4) is 0 Å². The summed E-state index contributed by atoms with van der Waals surface area (Å²) in [5.41, 5.74) is 7.88. The summed E-state index contributed by atoms with van der Waals surface area (Å²) in [7, 11) is 1.84. The lowest BCUT2D eigenvalue weighted by Crippen LogP contribution is -2.23. The van der Waals surface area contributed by atoms with Gasteiger partial charge in [-0.2, -0.15) is 0 Å². The lowest BCUT2D eigenvalue weighted by molar-refractivity contribution is 0.607. The van der Waals surface area contributed by atoms with Crippen molar-refractivity contribution in [1.29, 1.82) is 0 Å². The molecule has 2 rings (SSSR count). The predicted molar refractivity (Wildman–Crippen MR) is 83.4 cm³/mol. The Morgan fingerprint density at radius 2 is 2.00 bits per heavy atom. The summed E-state index contributed by atoms with van der Waals surface area (Å²) >= 11 is 5.04. The number of anilines is 1. The van der Waals surface area contributed by atoms with Gasteiger partial charge in [-0.25, -0.2) is 9.37 Å². The molecule has 1 heterocycles. The number of halogens is 1. The molecule has 0 spiro atoms. The van der Waals surface area contributed by atoms with Crippen molar-refractivity contribution in [1.82, 2.24) is 4.98 Å². The highest BCUT2D eigenvalue weighted by atomic mass is 32.1. The summed E-state index contributed by atoms with van der Waals surface area (Å²) in [6.45, 7) is 2.29. The summed E-state index contributed by atoms with van der Waals surface area (Å²) in [5.74, 6) is 0.435. The Hall–Kier alpha value is -2.01. The second-order valence-electron chi connectivity index (χ2n) is 4.64. The molecule has 0 unspecified atom stereocenters. The first-order valence-corrected chi connectivity index (χ1v) is 6.62. The standard InChI is InChI=1S/C15H16FN3S/c1-10-7-8-12(14(17)20)15(18-10)19(2)9-11-5-3-4-6-13(11)16/h3-8H,9H2,1-2H3,(H2,17,20). The number of hydrogen-bond acceptors (Lipinski definition) is 3. The fourth-order valence-electron chi connectivity index (χ4n) is 1.98. The largest absolute Gasteiger partial charge is 0.389 e. The van der Waals surface area contributed by atoms with Crippen molar-refractivity contribution in [2.75, 3.05) is 11.9 Å². The molecule has 1 aromatic carbocycles. The summed E-state index contributed by atoms with van der Waals surface area (Å²) < 4.78 is 13.7. The second-order valence-corrected chi connectivity index (χ2v) is 5.08.